The first-order valence-corrected chi connectivity index (χ1v) is 13.4. The molecule has 0 spiro atoms. The van der Waals surface area contributed by atoms with E-state index in [9.17, 15) is 19.1 Å². The number of carboxylic acid groups (broad SMARTS) is 1. The van der Waals surface area contributed by atoms with Crippen LogP contribution in [0.4, 0.5) is 10.3 Å². The summed E-state index contributed by atoms with van der Waals surface area (Å²) in [7, 11) is 1.30. The van der Waals surface area contributed by atoms with Crippen molar-refractivity contribution >= 4 is 46.7 Å². The van der Waals surface area contributed by atoms with Gasteiger partial charge in [-0.05, 0) is 31.9 Å². The van der Waals surface area contributed by atoms with Crippen LogP contribution >= 0.6 is 22.9 Å². The number of carbonyl (C=O) groups excluding carboxylic acids is 1. The van der Waals surface area contributed by atoms with E-state index in [1.54, 1.807) is 13.1 Å². The molecule has 13 heteroatoms. The van der Waals surface area contributed by atoms with Gasteiger partial charge in [-0.3, -0.25) is 4.99 Å². The van der Waals surface area contributed by atoms with E-state index in [0.717, 1.165) is 0 Å². The summed E-state index contributed by atoms with van der Waals surface area (Å²) < 4.78 is 19.0. The van der Waals surface area contributed by atoms with Gasteiger partial charge in [-0.2, -0.15) is 0 Å². The smallest absolute Gasteiger partial charge is 0.354 e. The zero-order valence-corrected chi connectivity index (χ0v) is 22.6. The summed E-state index contributed by atoms with van der Waals surface area (Å²) in [6, 6.07) is 3.16. The predicted octanol–water partition coefficient (Wildman–Crippen LogP) is 4.17. The lowest BCUT2D eigenvalue weighted by Gasteiger charge is -2.36. The molecule has 0 aliphatic carbocycles. The van der Waals surface area contributed by atoms with Gasteiger partial charge in [0.2, 0.25) is 5.95 Å². The van der Waals surface area contributed by atoms with E-state index in [1.165, 1.54) is 42.8 Å². The molecule has 202 valence electrons. The van der Waals surface area contributed by atoms with Gasteiger partial charge in [0.1, 0.15) is 11.9 Å². The molecule has 0 radical (unpaired) electrons. The number of nitrogens with zero attached hydrogens (tertiary/aromatic N) is 5. The molecule has 1 fully saturated rings. The molecule has 4 heterocycles. The summed E-state index contributed by atoms with van der Waals surface area (Å²) >= 11 is 7.83. The monoisotopic (exact) mass is 570 g/mol. The van der Waals surface area contributed by atoms with Crippen LogP contribution in [0.15, 0.2) is 52.2 Å². The number of allylic oxidation sites excluding steroid dienone is 1. The van der Waals surface area contributed by atoms with Gasteiger partial charge in [0.05, 0.1) is 12.7 Å². The quantitative estimate of drug-likeness (QED) is 0.419. The lowest BCUT2D eigenvalue weighted by atomic mass is 9.85. The highest BCUT2D eigenvalue weighted by molar-refractivity contribution is 7.11. The minimum atomic E-state index is -1.11. The number of methoxy groups -OCH3 is 1. The number of carbonyl (C=O) groups is 2. The van der Waals surface area contributed by atoms with Crippen molar-refractivity contribution in [3.63, 3.8) is 0 Å². The number of anilines is 1. The molecule has 2 N–H and O–H groups in total. The molecule has 1 aromatic carbocycles. The Hall–Kier alpha value is -3.90. The number of amidine groups is 1. The van der Waals surface area contributed by atoms with Gasteiger partial charge in [0, 0.05) is 58.6 Å². The molecule has 2 aliphatic rings. The van der Waals surface area contributed by atoms with E-state index in [4.69, 9.17) is 21.3 Å². The fourth-order valence-corrected chi connectivity index (χ4v) is 5.65. The number of ether oxygens (including phenoxy) is 1. The average molecular weight is 571 g/mol. The Labute approximate surface area is 232 Å². The molecule has 0 saturated carbocycles. The number of carboxylic acids is 1. The Kier molecular flexibility index (Phi) is 7.58. The number of halogens is 2. The number of esters is 1. The van der Waals surface area contributed by atoms with Crippen LogP contribution in [0.2, 0.25) is 5.02 Å². The minimum absolute atomic E-state index is 0.0323. The number of piperidine rings is 1. The van der Waals surface area contributed by atoms with Crippen molar-refractivity contribution in [1.29, 1.82) is 0 Å². The fourth-order valence-electron chi connectivity index (χ4n) is 4.79. The van der Waals surface area contributed by atoms with Crippen molar-refractivity contribution in [2.24, 2.45) is 10.9 Å². The van der Waals surface area contributed by atoms with Crippen LogP contribution in [0, 0.1) is 18.7 Å². The zero-order chi connectivity index (χ0) is 27.7. The Balaban J connectivity index is 1.51. The van der Waals surface area contributed by atoms with Crippen molar-refractivity contribution in [3.8, 4) is 0 Å². The Morgan fingerprint density at radius 1 is 1.26 bits per heavy atom. The number of rotatable bonds is 6. The molecule has 1 saturated heterocycles. The third-order valence-corrected chi connectivity index (χ3v) is 7.83. The maximum Gasteiger partial charge on any atom is 0.354 e. The second-order valence-corrected chi connectivity index (χ2v) is 10.4. The highest BCUT2D eigenvalue weighted by Gasteiger charge is 2.37. The largest absolute Gasteiger partial charge is 0.476 e. The number of nitrogens with one attached hydrogen (secondary N) is 1. The highest BCUT2D eigenvalue weighted by atomic mass is 35.5. The maximum absolute atomic E-state index is 13.9. The van der Waals surface area contributed by atoms with E-state index in [2.05, 4.69) is 20.3 Å². The summed E-state index contributed by atoms with van der Waals surface area (Å²) in [5.74, 6) is -1.45. The first-order valence-electron chi connectivity index (χ1n) is 12.1. The average Bonchev–Trinajstić information content (AvgIpc) is 3.47. The third kappa shape index (κ3) is 5.34. The number of hydrogen-bond donors (Lipinski definition) is 2. The Bertz CT molecular complexity index is 1490. The van der Waals surface area contributed by atoms with Crippen molar-refractivity contribution in [2.45, 2.75) is 25.8 Å². The maximum atomic E-state index is 13.9. The van der Waals surface area contributed by atoms with Gasteiger partial charge in [0.15, 0.2) is 16.5 Å². The number of hydrogen-bond acceptors (Lipinski definition) is 10. The van der Waals surface area contributed by atoms with Crippen LogP contribution in [0.25, 0.3) is 0 Å². The van der Waals surface area contributed by atoms with Crippen molar-refractivity contribution in [1.82, 2.24) is 20.3 Å². The molecule has 2 aromatic heterocycles. The number of aliphatic imine (C=N–C) groups is 1. The van der Waals surface area contributed by atoms with E-state index < -0.39 is 23.8 Å². The van der Waals surface area contributed by atoms with Gasteiger partial charge in [-0.1, -0.05) is 17.7 Å². The second-order valence-electron chi connectivity index (χ2n) is 9.10. The number of thiazole rings is 1. The zero-order valence-electron chi connectivity index (χ0n) is 21.0. The predicted molar refractivity (Wildman–Crippen MR) is 144 cm³/mol. The first kappa shape index (κ1) is 26.7. The van der Waals surface area contributed by atoms with Gasteiger partial charge in [-0.25, -0.2) is 28.9 Å². The van der Waals surface area contributed by atoms with Gasteiger partial charge in [0.25, 0.3) is 0 Å². The molecule has 10 nitrogen and oxygen atoms in total. The molecule has 1 unspecified atom stereocenters. The van der Waals surface area contributed by atoms with E-state index in [-0.39, 0.29) is 16.6 Å². The number of aromatic carboxylic acids is 1. The molecule has 0 bridgehead atoms. The topological polar surface area (TPSA) is 130 Å². The molecule has 39 heavy (non-hydrogen) atoms. The van der Waals surface area contributed by atoms with Crippen LogP contribution in [0.3, 0.4) is 0 Å². The Morgan fingerprint density at radius 3 is 2.67 bits per heavy atom. The normalized spacial score (nSPS) is 18.0. The summed E-state index contributed by atoms with van der Waals surface area (Å²) in [5, 5.41) is 15.4. The minimum Gasteiger partial charge on any atom is -0.476 e. The number of aryl methyl sites for hydroxylation is 1. The molecule has 3 aromatic rings. The van der Waals surface area contributed by atoms with Crippen LogP contribution in [-0.4, -0.2) is 58.0 Å². The number of aromatic nitrogens is 3. The second kappa shape index (κ2) is 11.1. The third-order valence-electron chi connectivity index (χ3n) is 6.72. The fraction of sp³-hybridized carbons (Fsp3) is 0.308. The molecule has 0 amide bonds. The summed E-state index contributed by atoms with van der Waals surface area (Å²) in [6.07, 6.45) is 4.38. The molecule has 1 atom stereocenters. The van der Waals surface area contributed by atoms with E-state index in [0.29, 0.717) is 65.1 Å². The molecule has 2 aliphatic heterocycles. The molecule has 5 rings (SSSR count). The molecular formula is C26H24ClFN6O4S. The number of benzene rings is 1. The molecular weight excluding hydrogens is 547 g/mol. The van der Waals surface area contributed by atoms with Crippen molar-refractivity contribution in [3.05, 3.63) is 79.9 Å². The van der Waals surface area contributed by atoms with Gasteiger partial charge >= 0.3 is 11.9 Å². The van der Waals surface area contributed by atoms with Crippen molar-refractivity contribution < 1.29 is 23.8 Å². The van der Waals surface area contributed by atoms with Gasteiger partial charge < -0.3 is 20.1 Å². The SMILES string of the molecule is COC(=O)C1=C(C2CCN(c3ncc(C)c(C(=O)O)n3)CC2)NC(c2nccs2)=NC1c1ccc(F)cc1Cl. The summed E-state index contributed by atoms with van der Waals surface area (Å²) in [4.78, 5) is 44.4. The van der Waals surface area contributed by atoms with Crippen LogP contribution in [0.1, 0.15) is 45.5 Å². The lowest BCUT2D eigenvalue weighted by Crippen LogP contribution is -2.42. The van der Waals surface area contributed by atoms with Crippen molar-refractivity contribution in [2.75, 3.05) is 25.1 Å². The summed E-state index contributed by atoms with van der Waals surface area (Å²) in [6.45, 7) is 2.71. The van der Waals surface area contributed by atoms with E-state index in [1.807, 2.05) is 10.3 Å². The van der Waals surface area contributed by atoms with Crippen LogP contribution < -0.4 is 10.2 Å². The van der Waals surface area contributed by atoms with Crippen LogP contribution in [0.5, 0.6) is 0 Å². The van der Waals surface area contributed by atoms with Gasteiger partial charge in [-0.15, -0.1) is 11.3 Å². The van der Waals surface area contributed by atoms with E-state index >= 15 is 0 Å². The van der Waals surface area contributed by atoms with Crippen LogP contribution in [-0.2, 0) is 9.53 Å². The Morgan fingerprint density at radius 2 is 2.03 bits per heavy atom. The lowest BCUT2D eigenvalue weighted by molar-refractivity contribution is -0.136. The standard InChI is InChI=1S/C26H24ClFN6O4S/c1-13-12-30-26(33-19(13)24(35)36)34-8-5-14(6-9-34)20-18(25(37)38-2)21(16-4-3-15(28)11-17(16)27)32-22(31-20)23-29-7-10-39-23/h3-4,7,10-12,14,21H,5-6,8-9H2,1-2H3,(H,31,32)(H,35,36). The first-order chi connectivity index (χ1) is 18.8. The summed E-state index contributed by atoms with van der Waals surface area (Å²) in [5.41, 5.74) is 1.86. The highest BCUT2D eigenvalue weighted by Crippen LogP contribution is 2.40.